The zero-order valence-electron chi connectivity index (χ0n) is 9.01. The van der Waals surface area contributed by atoms with E-state index in [9.17, 15) is 13.2 Å². The minimum Gasteiger partial charge on any atom is -0.384 e. The van der Waals surface area contributed by atoms with Crippen LogP contribution in [0.4, 0.5) is 18.9 Å². The number of benzene rings is 1. The van der Waals surface area contributed by atoms with E-state index in [2.05, 4.69) is 5.32 Å². The van der Waals surface area contributed by atoms with Crippen LogP contribution in [0, 0.1) is 0 Å². The van der Waals surface area contributed by atoms with E-state index in [1.165, 1.54) is 12.1 Å². The van der Waals surface area contributed by atoms with Crippen LogP contribution in [-0.4, -0.2) is 6.54 Å². The molecule has 0 aliphatic heterocycles. The fourth-order valence-electron chi connectivity index (χ4n) is 1.34. The maximum Gasteiger partial charge on any atom is 0.418 e. The summed E-state index contributed by atoms with van der Waals surface area (Å²) >= 11 is 0. The molecule has 0 atom stereocenters. The number of anilines is 1. The Morgan fingerprint density at radius 3 is 2.56 bits per heavy atom. The zero-order chi connectivity index (χ0) is 12.0. The van der Waals surface area contributed by atoms with Gasteiger partial charge in [0.25, 0.3) is 0 Å². The molecule has 0 radical (unpaired) electrons. The topological polar surface area (TPSA) is 12.0 Å². The van der Waals surface area contributed by atoms with Gasteiger partial charge >= 0.3 is 6.18 Å². The second kappa shape index (κ2) is 5.58. The summed E-state index contributed by atoms with van der Waals surface area (Å²) in [7, 11) is 0. The standard InChI is InChI=1S/C12H14F3N/c1-2-3-6-9-16-11-8-5-4-7-10(11)12(13,14)15/h2-5,7-8,16H,6,9H2,1H3/b3-2+. The molecule has 0 aromatic heterocycles. The van der Waals surface area contributed by atoms with Crippen molar-refractivity contribution in [3.63, 3.8) is 0 Å². The number of alkyl halides is 3. The molecule has 0 aliphatic carbocycles. The Kier molecular flexibility index (Phi) is 4.40. The Morgan fingerprint density at radius 1 is 1.25 bits per heavy atom. The van der Waals surface area contributed by atoms with Gasteiger partial charge in [0, 0.05) is 12.2 Å². The summed E-state index contributed by atoms with van der Waals surface area (Å²) in [6, 6.07) is 5.50. The molecule has 1 nitrogen and oxygen atoms in total. The first-order chi connectivity index (χ1) is 7.55. The summed E-state index contributed by atoms with van der Waals surface area (Å²) < 4.78 is 37.7. The van der Waals surface area contributed by atoms with Crippen LogP contribution in [0.3, 0.4) is 0 Å². The molecule has 0 heterocycles. The first-order valence-electron chi connectivity index (χ1n) is 5.07. The van der Waals surface area contributed by atoms with Gasteiger partial charge in [-0.25, -0.2) is 0 Å². The van der Waals surface area contributed by atoms with Gasteiger partial charge in [-0.3, -0.25) is 0 Å². The zero-order valence-corrected chi connectivity index (χ0v) is 9.01. The summed E-state index contributed by atoms with van der Waals surface area (Å²) in [6.07, 6.45) is 0.188. The largest absolute Gasteiger partial charge is 0.418 e. The van der Waals surface area contributed by atoms with Crippen LogP contribution in [-0.2, 0) is 6.18 Å². The highest BCUT2D eigenvalue weighted by Gasteiger charge is 2.32. The van der Waals surface area contributed by atoms with Crippen molar-refractivity contribution in [2.45, 2.75) is 19.5 Å². The Bertz CT molecular complexity index is 356. The van der Waals surface area contributed by atoms with Crippen molar-refractivity contribution in [1.82, 2.24) is 0 Å². The molecule has 88 valence electrons. The molecule has 0 aliphatic rings. The van der Waals surface area contributed by atoms with Crippen molar-refractivity contribution in [3.05, 3.63) is 42.0 Å². The van der Waals surface area contributed by atoms with Gasteiger partial charge in [0.15, 0.2) is 0 Å². The molecule has 0 saturated heterocycles. The first-order valence-corrected chi connectivity index (χ1v) is 5.07. The highest BCUT2D eigenvalue weighted by Crippen LogP contribution is 2.34. The number of hydrogen-bond donors (Lipinski definition) is 1. The van der Waals surface area contributed by atoms with Crippen LogP contribution >= 0.6 is 0 Å². The van der Waals surface area contributed by atoms with Gasteiger partial charge in [-0.15, -0.1) is 0 Å². The number of para-hydroxylation sites is 1. The number of allylic oxidation sites excluding steroid dienone is 1. The first kappa shape index (κ1) is 12.6. The van der Waals surface area contributed by atoms with E-state index in [0.717, 1.165) is 6.07 Å². The smallest absolute Gasteiger partial charge is 0.384 e. The van der Waals surface area contributed by atoms with Crippen LogP contribution in [0.5, 0.6) is 0 Å². The molecule has 1 rings (SSSR count). The van der Waals surface area contributed by atoms with E-state index in [0.29, 0.717) is 13.0 Å². The second-order valence-corrected chi connectivity index (χ2v) is 3.33. The SMILES string of the molecule is C/C=C/CCNc1ccccc1C(F)(F)F. The van der Waals surface area contributed by atoms with E-state index >= 15 is 0 Å². The predicted molar refractivity (Wildman–Crippen MR) is 59.4 cm³/mol. The molecule has 4 heteroatoms. The molecule has 0 spiro atoms. The van der Waals surface area contributed by atoms with Gasteiger partial charge in [0.1, 0.15) is 0 Å². The van der Waals surface area contributed by atoms with Crippen molar-refractivity contribution in [3.8, 4) is 0 Å². The Labute approximate surface area is 93.0 Å². The van der Waals surface area contributed by atoms with Gasteiger partial charge < -0.3 is 5.32 Å². The number of rotatable bonds is 4. The Balaban J connectivity index is 2.72. The maximum atomic E-state index is 12.6. The second-order valence-electron chi connectivity index (χ2n) is 3.33. The lowest BCUT2D eigenvalue weighted by molar-refractivity contribution is -0.136. The molecule has 0 amide bonds. The lowest BCUT2D eigenvalue weighted by Crippen LogP contribution is -2.11. The third-order valence-corrected chi connectivity index (χ3v) is 2.09. The van der Waals surface area contributed by atoms with Gasteiger partial charge in [-0.1, -0.05) is 24.3 Å². The third-order valence-electron chi connectivity index (χ3n) is 2.09. The van der Waals surface area contributed by atoms with Crippen molar-refractivity contribution in [1.29, 1.82) is 0 Å². The molecular weight excluding hydrogens is 215 g/mol. The van der Waals surface area contributed by atoms with Crippen LogP contribution in [0.1, 0.15) is 18.9 Å². The molecule has 0 saturated carbocycles. The van der Waals surface area contributed by atoms with E-state index in [1.54, 1.807) is 6.07 Å². The molecular formula is C12H14F3N. The fourth-order valence-corrected chi connectivity index (χ4v) is 1.34. The minimum absolute atomic E-state index is 0.138. The molecule has 0 fully saturated rings. The van der Waals surface area contributed by atoms with Gasteiger partial charge in [-0.2, -0.15) is 13.2 Å². The maximum absolute atomic E-state index is 12.6. The van der Waals surface area contributed by atoms with E-state index < -0.39 is 11.7 Å². The average molecular weight is 229 g/mol. The van der Waals surface area contributed by atoms with Crippen LogP contribution in [0.25, 0.3) is 0 Å². The number of halogens is 3. The molecule has 1 aromatic carbocycles. The monoisotopic (exact) mass is 229 g/mol. The molecule has 1 N–H and O–H groups in total. The van der Waals surface area contributed by atoms with Crippen LogP contribution < -0.4 is 5.32 Å². The van der Waals surface area contributed by atoms with Crippen molar-refractivity contribution in [2.24, 2.45) is 0 Å². The highest BCUT2D eigenvalue weighted by molar-refractivity contribution is 5.52. The summed E-state index contributed by atoms with van der Waals surface area (Å²) in [5.41, 5.74) is -0.477. The summed E-state index contributed by atoms with van der Waals surface area (Å²) in [5.74, 6) is 0. The summed E-state index contributed by atoms with van der Waals surface area (Å²) in [5, 5.41) is 2.78. The van der Waals surface area contributed by atoms with Gasteiger partial charge in [0.05, 0.1) is 5.56 Å². The van der Waals surface area contributed by atoms with E-state index in [1.807, 2.05) is 19.1 Å². The van der Waals surface area contributed by atoms with Crippen LogP contribution in [0.2, 0.25) is 0 Å². The minimum atomic E-state index is -4.30. The summed E-state index contributed by atoms with van der Waals surface area (Å²) in [6.45, 7) is 2.38. The van der Waals surface area contributed by atoms with Crippen LogP contribution in [0.15, 0.2) is 36.4 Å². The molecule has 0 unspecified atom stereocenters. The Hall–Kier alpha value is -1.45. The number of hydrogen-bond acceptors (Lipinski definition) is 1. The summed E-state index contributed by atoms with van der Waals surface area (Å²) in [4.78, 5) is 0. The quantitative estimate of drug-likeness (QED) is 0.605. The highest BCUT2D eigenvalue weighted by atomic mass is 19.4. The molecule has 16 heavy (non-hydrogen) atoms. The fraction of sp³-hybridized carbons (Fsp3) is 0.333. The van der Waals surface area contributed by atoms with E-state index in [-0.39, 0.29) is 5.69 Å². The Morgan fingerprint density at radius 2 is 1.94 bits per heavy atom. The normalized spacial score (nSPS) is 12.0. The van der Waals surface area contributed by atoms with Gasteiger partial charge in [-0.05, 0) is 25.5 Å². The van der Waals surface area contributed by atoms with Crippen molar-refractivity contribution in [2.75, 3.05) is 11.9 Å². The lowest BCUT2D eigenvalue weighted by Gasteiger charge is -2.13. The predicted octanol–water partition coefficient (Wildman–Crippen LogP) is 4.08. The molecule has 1 aromatic rings. The number of nitrogens with one attached hydrogen (secondary N) is 1. The lowest BCUT2D eigenvalue weighted by atomic mass is 10.1. The van der Waals surface area contributed by atoms with E-state index in [4.69, 9.17) is 0 Å². The van der Waals surface area contributed by atoms with Crippen molar-refractivity contribution >= 4 is 5.69 Å². The third kappa shape index (κ3) is 3.61. The van der Waals surface area contributed by atoms with Gasteiger partial charge in [0.2, 0.25) is 0 Å². The van der Waals surface area contributed by atoms with Crippen molar-refractivity contribution < 1.29 is 13.2 Å². The average Bonchev–Trinajstić information content (AvgIpc) is 2.24. The molecule has 0 bridgehead atoms.